The third-order valence-corrected chi connectivity index (χ3v) is 3.64. The predicted octanol–water partition coefficient (Wildman–Crippen LogP) is 1.63. The monoisotopic (exact) mass is 289 g/mol. The molecule has 1 aliphatic carbocycles. The second-order valence-corrected chi connectivity index (χ2v) is 5.65. The molecule has 0 unspecified atom stereocenters. The van der Waals surface area contributed by atoms with Gasteiger partial charge >= 0.3 is 0 Å². The number of amides is 2. The number of nitrogens with zero attached hydrogens (tertiary/aromatic N) is 2. The summed E-state index contributed by atoms with van der Waals surface area (Å²) >= 11 is 0. The normalized spacial score (nSPS) is 13.7. The smallest absolute Gasteiger partial charge is 0.223 e. The van der Waals surface area contributed by atoms with E-state index in [2.05, 4.69) is 5.32 Å². The molecule has 0 radical (unpaired) electrons. The first kappa shape index (κ1) is 15.4. The number of hydrogen-bond acceptors (Lipinski definition) is 3. The Labute approximate surface area is 125 Å². The summed E-state index contributed by atoms with van der Waals surface area (Å²) in [5.74, 6) is 0.296. The molecule has 1 aromatic rings. The van der Waals surface area contributed by atoms with Gasteiger partial charge < -0.3 is 15.1 Å². The highest BCUT2D eigenvalue weighted by atomic mass is 16.2. The van der Waals surface area contributed by atoms with E-state index >= 15 is 0 Å². The standard InChI is InChI=1S/C16H23N3O2/c1-12(20)19(11-10-17-16(21)13-4-5-13)15-8-6-14(7-9-15)18(2)3/h6-9,13H,4-5,10-11H2,1-3H3,(H,17,21). The first-order chi connectivity index (χ1) is 9.99. The molecule has 0 saturated heterocycles. The lowest BCUT2D eigenvalue weighted by molar-refractivity contribution is -0.122. The molecule has 1 N–H and O–H groups in total. The van der Waals surface area contributed by atoms with Crippen LogP contribution in [0.5, 0.6) is 0 Å². The molecule has 0 bridgehead atoms. The number of carbonyl (C=O) groups excluding carboxylic acids is 2. The van der Waals surface area contributed by atoms with E-state index in [4.69, 9.17) is 0 Å². The molecule has 1 saturated carbocycles. The Bertz CT molecular complexity index is 507. The van der Waals surface area contributed by atoms with Crippen molar-refractivity contribution in [3.8, 4) is 0 Å². The Morgan fingerprint density at radius 3 is 2.19 bits per heavy atom. The van der Waals surface area contributed by atoms with E-state index in [9.17, 15) is 9.59 Å². The van der Waals surface area contributed by atoms with E-state index in [0.29, 0.717) is 13.1 Å². The minimum atomic E-state index is -0.0201. The first-order valence-electron chi connectivity index (χ1n) is 7.32. The second kappa shape index (κ2) is 6.61. The van der Waals surface area contributed by atoms with Crippen LogP contribution in [0.15, 0.2) is 24.3 Å². The molecule has 5 nitrogen and oxygen atoms in total. The zero-order chi connectivity index (χ0) is 15.4. The van der Waals surface area contributed by atoms with Crippen LogP contribution in [0.1, 0.15) is 19.8 Å². The van der Waals surface area contributed by atoms with Crippen LogP contribution < -0.4 is 15.1 Å². The Kier molecular flexibility index (Phi) is 4.83. The Morgan fingerprint density at radius 1 is 1.14 bits per heavy atom. The van der Waals surface area contributed by atoms with Crippen molar-refractivity contribution in [2.75, 3.05) is 37.0 Å². The summed E-state index contributed by atoms with van der Waals surface area (Å²) in [5, 5.41) is 2.89. The molecule has 0 heterocycles. The van der Waals surface area contributed by atoms with Crippen molar-refractivity contribution in [2.45, 2.75) is 19.8 Å². The van der Waals surface area contributed by atoms with E-state index in [1.165, 1.54) is 0 Å². The van der Waals surface area contributed by atoms with E-state index in [1.807, 2.05) is 43.3 Å². The minimum absolute atomic E-state index is 0.0201. The summed E-state index contributed by atoms with van der Waals surface area (Å²) in [4.78, 5) is 27.1. The maximum atomic E-state index is 11.8. The number of rotatable bonds is 6. The molecule has 2 rings (SSSR count). The maximum Gasteiger partial charge on any atom is 0.223 e. The fourth-order valence-electron chi connectivity index (χ4n) is 2.18. The summed E-state index contributed by atoms with van der Waals surface area (Å²) in [6.07, 6.45) is 1.99. The fraction of sp³-hybridized carbons (Fsp3) is 0.500. The highest BCUT2D eigenvalue weighted by Crippen LogP contribution is 2.28. The Morgan fingerprint density at radius 2 is 1.71 bits per heavy atom. The molecule has 0 aromatic heterocycles. The van der Waals surface area contributed by atoms with E-state index in [0.717, 1.165) is 24.2 Å². The van der Waals surface area contributed by atoms with Gasteiger partial charge in [0.05, 0.1) is 0 Å². The van der Waals surface area contributed by atoms with Gasteiger partial charge in [0, 0.05) is 51.4 Å². The van der Waals surface area contributed by atoms with Crippen molar-refractivity contribution in [1.82, 2.24) is 5.32 Å². The fourth-order valence-corrected chi connectivity index (χ4v) is 2.18. The molecule has 1 aliphatic rings. The Hall–Kier alpha value is -2.04. The van der Waals surface area contributed by atoms with Gasteiger partial charge in [0.15, 0.2) is 0 Å². The molecule has 1 aromatic carbocycles. The van der Waals surface area contributed by atoms with Gasteiger partial charge in [0.2, 0.25) is 11.8 Å². The van der Waals surface area contributed by atoms with Crippen LogP contribution in [0.2, 0.25) is 0 Å². The van der Waals surface area contributed by atoms with Crippen LogP contribution in [-0.4, -0.2) is 39.0 Å². The molecular formula is C16H23N3O2. The zero-order valence-corrected chi connectivity index (χ0v) is 12.9. The summed E-state index contributed by atoms with van der Waals surface area (Å²) in [5.41, 5.74) is 1.94. The van der Waals surface area contributed by atoms with Gasteiger partial charge in [-0.1, -0.05) is 0 Å². The SMILES string of the molecule is CC(=O)N(CCNC(=O)C1CC1)c1ccc(N(C)C)cc1. The number of hydrogen-bond donors (Lipinski definition) is 1. The van der Waals surface area contributed by atoms with E-state index in [-0.39, 0.29) is 17.7 Å². The zero-order valence-electron chi connectivity index (χ0n) is 12.9. The molecular weight excluding hydrogens is 266 g/mol. The van der Waals surface area contributed by atoms with Crippen LogP contribution in [0.3, 0.4) is 0 Å². The second-order valence-electron chi connectivity index (χ2n) is 5.65. The van der Waals surface area contributed by atoms with E-state index < -0.39 is 0 Å². The average Bonchev–Trinajstić information content (AvgIpc) is 3.27. The third-order valence-electron chi connectivity index (χ3n) is 3.64. The quantitative estimate of drug-likeness (QED) is 0.866. The van der Waals surface area contributed by atoms with Gasteiger partial charge in [-0.15, -0.1) is 0 Å². The van der Waals surface area contributed by atoms with Gasteiger partial charge in [-0.25, -0.2) is 0 Å². The molecule has 114 valence electrons. The molecule has 1 fully saturated rings. The predicted molar refractivity (Wildman–Crippen MR) is 84.5 cm³/mol. The lowest BCUT2D eigenvalue weighted by atomic mass is 10.2. The summed E-state index contributed by atoms with van der Waals surface area (Å²) < 4.78 is 0. The van der Waals surface area contributed by atoms with Crippen LogP contribution in [-0.2, 0) is 9.59 Å². The number of benzene rings is 1. The Balaban J connectivity index is 1.94. The van der Waals surface area contributed by atoms with E-state index in [1.54, 1.807) is 11.8 Å². The van der Waals surface area contributed by atoms with Crippen LogP contribution in [0.25, 0.3) is 0 Å². The molecule has 21 heavy (non-hydrogen) atoms. The van der Waals surface area contributed by atoms with Gasteiger partial charge in [-0.2, -0.15) is 0 Å². The van der Waals surface area contributed by atoms with Gasteiger partial charge in [0.25, 0.3) is 0 Å². The van der Waals surface area contributed by atoms with Crippen LogP contribution in [0.4, 0.5) is 11.4 Å². The minimum Gasteiger partial charge on any atom is -0.378 e. The summed E-state index contributed by atoms with van der Waals surface area (Å²) in [6, 6.07) is 7.82. The van der Waals surface area contributed by atoms with Gasteiger partial charge in [-0.3, -0.25) is 9.59 Å². The highest BCUT2D eigenvalue weighted by Gasteiger charge is 2.29. The molecule has 2 amide bonds. The first-order valence-corrected chi connectivity index (χ1v) is 7.32. The lowest BCUT2D eigenvalue weighted by Gasteiger charge is -2.22. The average molecular weight is 289 g/mol. The van der Waals surface area contributed by atoms with Crippen molar-refractivity contribution in [1.29, 1.82) is 0 Å². The van der Waals surface area contributed by atoms with Crippen molar-refractivity contribution >= 4 is 23.2 Å². The summed E-state index contributed by atoms with van der Waals surface area (Å²) in [6.45, 7) is 2.53. The maximum absolute atomic E-state index is 11.8. The molecule has 0 aliphatic heterocycles. The van der Waals surface area contributed by atoms with Crippen molar-refractivity contribution in [3.63, 3.8) is 0 Å². The number of nitrogens with one attached hydrogen (secondary N) is 1. The van der Waals surface area contributed by atoms with Gasteiger partial charge in [-0.05, 0) is 37.1 Å². The van der Waals surface area contributed by atoms with Crippen LogP contribution in [0, 0.1) is 5.92 Å². The largest absolute Gasteiger partial charge is 0.378 e. The number of anilines is 2. The van der Waals surface area contributed by atoms with Crippen molar-refractivity contribution in [3.05, 3.63) is 24.3 Å². The number of carbonyl (C=O) groups is 2. The van der Waals surface area contributed by atoms with Crippen molar-refractivity contribution < 1.29 is 9.59 Å². The molecule has 0 atom stereocenters. The third kappa shape index (κ3) is 4.21. The van der Waals surface area contributed by atoms with Crippen LogP contribution >= 0.6 is 0 Å². The van der Waals surface area contributed by atoms with Crippen molar-refractivity contribution in [2.24, 2.45) is 5.92 Å². The molecule has 0 spiro atoms. The topological polar surface area (TPSA) is 52.7 Å². The highest BCUT2D eigenvalue weighted by molar-refractivity contribution is 5.91. The lowest BCUT2D eigenvalue weighted by Crippen LogP contribution is -2.38. The van der Waals surface area contributed by atoms with Gasteiger partial charge in [0.1, 0.15) is 0 Å². The summed E-state index contributed by atoms with van der Waals surface area (Å²) in [7, 11) is 3.95. The molecule has 5 heteroatoms.